The Hall–Kier alpha value is -3.86. The number of nitrogens with zero attached hydrogens (tertiary/aromatic N) is 3. The zero-order valence-corrected chi connectivity index (χ0v) is 26.0. The standard InChI is InChI=1S/C32H30ClN3O5S2/c1-3-5-18-41-25-16-10-22(11-17-25)28(37)26-27(21-8-14-24(15-9-21)40-4-2)36(30(39)29(26)38)31-34-35-32(43-31)42-19-20-6-12-23(33)13-7-20/h6-17,27,37H,3-5,18-19H2,1-2H3/t27-/m0/s1. The van der Waals surface area contributed by atoms with Crippen LogP contribution in [-0.2, 0) is 15.3 Å². The highest BCUT2D eigenvalue weighted by molar-refractivity contribution is 8.00. The van der Waals surface area contributed by atoms with Gasteiger partial charge in [0.2, 0.25) is 5.13 Å². The number of anilines is 1. The number of amides is 1. The van der Waals surface area contributed by atoms with E-state index in [4.69, 9.17) is 21.1 Å². The van der Waals surface area contributed by atoms with Gasteiger partial charge in [-0.05, 0) is 73.0 Å². The fraction of sp³-hybridized carbons (Fsp3) is 0.250. The molecule has 1 aromatic heterocycles. The van der Waals surface area contributed by atoms with Crippen molar-refractivity contribution < 1.29 is 24.2 Å². The van der Waals surface area contributed by atoms with Crippen molar-refractivity contribution >= 4 is 57.3 Å². The molecule has 1 aliphatic rings. The van der Waals surface area contributed by atoms with E-state index in [0.717, 1.165) is 18.4 Å². The predicted molar refractivity (Wildman–Crippen MR) is 170 cm³/mol. The molecule has 0 radical (unpaired) electrons. The molecule has 43 heavy (non-hydrogen) atoms. The molecule has 1 atom stereocenters. The average Bonchev–Trinajstić information content (AvgIpc) is 3.59. The van der Waals surface area contributed by atoms with Crippen LogP contribution in [0.5, 0.6) is 11.5 Å². The van der Waals surface area contributed by atoms with Crippen LogP contribution in [0.15, 0.2) is 82.7 Å². The summed E-state index contributed by atoms with van der Waals surface area (Å²) in [5.74, 6) is 0.0763. The Morgan fingerprint density at radius 2 is 1.63 bits per heavy atom. The molecule has 1 fully saturated rings. The first-order chi connectivity index (χ1) is 20.9. The summed E-state index contributed by atoms with van der Waals surface area (Å²) in [5.41, 5.74) is 2.05. The minimum atomic E-state index is -0.918. The number of Topliss-reactive ketones (excluding diaryl/α,β-unsaturated/α-hetero) is 1. The topological polar surface area (TPSA) is 102 Å². The van der Waals surface area contributed by atoms with Crippen molar-refractivity contribution in [3.63, 3.8) is 0 Å². The van der Waals surface area contributed by atoms with E-state index in [-0.39, 0.29) is 16.5 Å². The number of carbonyl (C=O) groups is 2. The van der Waals surface area contributed by atoms with Gasteiger partial charge in [0.1, 0.15) is 17.3 Å². The van der Waals surface area contributed by atoms with Gasteiger partial charge in [0.05, 0.1) is 24.8 Å². The van der Waals surface area contributed by atoms with E-state index in [1.807, 2.05) is 31.2 Å². The number of aromatic nitrogens is 2. The highest BCUT2D eigenvalue weighted by Gasteiger charge is 2.48. The van der Waals surface area contributed by atoms with Crippen molar-refractivity contribution in [1.29, 1.82) is 0 Å². The minimum Gasteiger partial charge on any atom is -0.507 e. The molecule has 1 aliphatic heterocycles. The molecule has 3 aromatic carbocycles. The van der Waals surface area contributed by atoms with Crippen molar-refractivity contribution in [2.24, 2.45) is 0 Å². The molecule has 0 spiro atoms. The summed E-state index contributed by atoms with van der Waals surface area (Å²) in [6.07, 6.45) is 1.95. The summed E-state index contributed by atoms with van der Waals surface area (Å²) in [5, 5.41) is 20.9. The van der Waals surface area contributed by atoms with E-state index in [2.05, 4.69) is 17.1 Å². The summed E-state index contributed by atoms with van der Waals surface area (Å²) < 4.78 is 12.0. The van der Waals surface area contributed by atoms with Gasteiger partial charge in [-0.3, -0.25) is 14.5 Å². The molecule has 4 aromatic rings. The van der Waals surface area contributed by atoms with Crippen LogP contribution in [0.3, 0.4) is 0 Å². The highest BCUT2D eigenvalue weighted by atomic mass is 35.5. The summed E-state index contributed by atoms with van der Waals surface area (Å²) in [7, 11) is 0. The summed E-state index contributed by atoms with van der Waals surface area (Å²) in [6, 6.07) is 20.5. The van der Waals surface area contributed by atoms with Gasteiger partial charge in [0.25, 0.3) is 5.78 Å². The molecule has 8 nitrogen and oxygen atoms in total. The number of aliphatic hydroxyl groups excluding tert-OH is 1. The molecule has 0 saturated carbocycles. The molecule has 1 N–H and O–H groups in total. The van der Waals surface area contributed by atoms with Gasteiger partial charge >= 0.3 is 5.91 Å². The molecule has 0 bridgehead atoms. The number of halogens is 1. The third kappa shape index (κ3) is 7.04. The molecule has 222 valence electrons. The Labute approximate surface area is 263 Å². The number of hydrogen-bond donors (Lipinski definition) is 1. The van der Waals surface area contributed by atoms with Gasteiger partial charge in [0.15, 0.2) is 4.34 Å². The van der Waals surface area contributed by atoms with Gasteiger partial charge in [-0.25, -0.2) is 0 Å². The number of benzene rings is 3. The normalized spacial score (nSPS) is 16.1. The molecule has 1 saturated heterocycles. The average molecular weight is 636 g/mol. The third-order valence-electron chi connectivity index (χ3n) is 6.72. The van der Waals surface area contributed by atoms with Crippen LogP contribution in [0.1, 0.15) is 49.4 Å². The maximum Gasteiger partial charge on any atom is 0.301 e. The monoisotopic (exact) mass is 635 g/mol. The number of thioether (sulfide) groups is 1. The van der Waals surface area contributed by atoms with E-state index in [9.17, 15) is 14.7 Å². The third-order valence-corrected chi connectivity index (χ3v) is 9.10. The lowest BCUT2D eigenvalue weighted by Crippen LogP contribution is -2.29. The number of unbranched alkanes of at least 4 members (excludes halogenated alkanes) is 1. The van der Waals surface area contributed by atoms with Crippen LogP contribution in [0, 0.1) is 0 Å². The molecule has 2 heterocycles. The Morgan fingerprint density at radius 3 is 2.30 bits per heavy atom. The SMILES string of the molecule is CCCCOc1ccc(C(O)=C2C(=O)C(=O)N(c3nnc(SCc4ccc(Cl)cc4)s3)[C@H]2c2ccc(OCC)cc2)cc1. The summed E-state index contributed by atoms with van der Waals surface area (Å²) >= 11 is 8.67. The van der Waals surface area contributed by atoms with Crippen LogP contribution in [-0.4, -0.2) is 40.2 Å². The molecule has 1 amide bonds. The quantitative estimate of drug-likeness (QED) is 0.0422. The van der Waals surface area contributed by atoms with Gasteiger partial charge in [-0.2, -0.15) is 0 Å². The number of ether oxygens (including phenoxy) is 2. The highest BCUT2D eigenvalue weighted by Crippen LogP contribution is 2.44. The van der Waals surface area contributed by atoms with Crippen molar-refractivity contribution in [1.82, 2.24) is 10.2 Å². The van der Waals surface area contributed by atoms with Gasteiger partial charge in [-0.15, -0.1) is 10.2 Å². The fourth-order valence-corrected chi connectivity index (χ4v) is 6.49. The van der Waals surface area contributed by atoms with Crippen LogP contribution < -0.4 is 14.4 Å². The molecular weight excluding hydrogens is 606 g/mol. The first-order valence-electron chi connectivity index (χ1n) is 13.9. The van der Waals surface area contributed by atoms with Crippen LogP contribution in [0.25, 0.3) is 5.76 Å². The Morgan fingerprint density at radius 1 is 0.953 bits per heavy atom. The first-order valence-corrected chi connectivity index (χ1v) is 16.0. The molecular formula is C32H30ClN3O5S2. The number of carbonyl (C=O) groups excluding carboxylic acids is 2. The van der Waals surface area contributed by atoms with Gasteiger partial charge in [0, 0.05) is 16.3 Å². The Bertz CT molecular complexity index is 1610. The second-order valence-corrected chi connectivity index (χ2v) is 12.3. The van der Waals surface area contributed by atoms with Crippen LogP contribution >= 0.6 is 34.7 Å². The maximum absolute atomic E-state index is 13.5. The summed E-state index contributed by atoms with van der Waals surface area (Å²) in [4.78, 5) is 28.4. The van der Waals surface area contributed by atoms with Crippen LogP contribution in [0.2, 0.25) is 5.02 Å². The number of aliphatic hydroxyl groups is 1. The zero-order chi connectivity index (χ0) is 30.3. The van der Waals surface area contributed by atoms with E-state index in [1.54, 1.807) is 48.5 Å². The second-order valence-electron chi connectivity index (χ2n) is 9.66. The minimum absolute atomic E-state index is 0.0284. The lowest BCUT2D eigenvalue weighted by molar-refractivity contribution is -0.132. The summed E-state index contributed by atoms with van der Waals surface area (Å²) in [6.45, 7) is 5.06. The first kappa shape index (κ1) is 30.6. The van der Waals surface area contributed by atoms with E-state index in [1.165, 1.54) is 28.0 Å². The van der Waals surface area contributed by atoms with Crippen molar-refractivity contribution in [3.8, 4) is 11.5 Å². The molecule has 5 rings (SSSR count). The van der Waals surface area contributed by atoms with Gasteiger partial charge < -0.3 is 14.6 Å². The predicted octanol–water partition coefficient (Wildman–Crippen LogP) is 7.69. The smallest absolute Gasteiger partial charge is 0.301 e. The van der Waals surface area contributed by atoms with E-state index < -0.39 is 17.7 Å². The number of hydrogen-bond acceptors (Lipinski definition) is 9. The fourth-order valence-electron chi connectivity index (χ4n) is 4.54. The largest absolute Gasteiger partial charge is 0.507 e. The lowest BCUT2D eigenvalue weighted by Gasteiger charge is -2.22. The van der Waals surface area contributed by atoms with E-state index in [0.29, 0.717) is 51.0 Å². The molecule has 11 heteroatoms. The Kier molecular flexibility index (Phi) is 10.0. The number of rotatable bonds is 12. The van der Waals surface area contributed by atoms with E-state index >= 15 is 0 Å². The lowest BCUT2D eigenvalue weighted by atomic mass is 9.95. The van der Waals surface area contributed by atoms with Crippen molar-refractivity contribution in [2.45, 2.75) is 42.8 Å². The van der Waals surface area contributed by atoms with Crippen molar-refractivity contribution in [2.75, 3.05) is 18.1 Å². The zero-order valence-electron chi connectivity index (χ0n) is 23.7. The second kappa shape index (κ2) is 14.1. The van der Waals surface area contributed by atoms with Crippen LogP contribution in [0.4, 0.5) is 5.13 Å². The molecule has 0 aliphatic carbocycles. The number of ketones is 1. The maximum atomic E-state index is 13.5. The Balaban J connectivity index is 1.48. The van der Waals surface area contributed by atoms with Gasteiger partial charge in [-0.1, -0.05) is 72.3 Å². The van der Waals surface area contributed by atoms with Crippen molar-refractivity contribution in [3.05, 3.63) is 100 Å². The molecule has 0 unspecified atom stereocenters.